The lowest BCUT2D eigenvalue weighted by Gasteiger charge is -2.43. The number of carbonyl (C=O) groups excluding carboxylic acids is 1. The number of alkyl halides is 3. The van der Waals surface area contributed by atoms with Crippen LogP contribution in [0.1, 0.15) is 51.6 Å². The molecule has 3 aromatic rings. The standard InChI is InChI=1S/C27H21F3N2O3S/c1-3-16-7-6-8-17-14-36-21-10-5-4-9-18(21)23(22(16)17)19-13-32(15(2)27(28,29)30)26(35)24-25(34)20(33)11-12-31(19)24/h1,4-12,15,19,23,34H,13-14H2,2H3/t15-,19?,23+/m1/s1. The van der Waals surface area contributed by atoms with E-state index in [0.29, 0.717) is 16.2 Å². The van der Waals surface area contributed by atoms with Gasteiger partial charge in [0.05, 0.1) is 6.04 Å². The van der Waals surface area contributed by atoms with Gasteiger partial charge in [-0.2, -0.15) is 13.2 Å². The van der Waals surface area contributed by atoms with Gasteiger partial charge in [-0.25, -0.2) is 0 Å². The average Bonchev–Trinajstić information content (AvgIpc) is 3.02. The molecule has 2 aromatic carbocycles. The Balaban J connectivity index is 1.82. The van der Waals surface area contributed by atoms with Gasteiger partial charge in [0.15, 0.2) is 11.4 Å². The molecule has 1 aromatic heterocycles. The summed E-state index contributed by atoms with van der Waals surface area (Å²) in [5.74, 6) is 0.860. The summed E-state index contributed by atoms with van der Waals surface area (Å²) in [6, 6.07) is 11.4. The van der Waals surface area contributed by atoms with Crippen LogP contribution >= 0.6 is 11.8 Å². The first-order chi connectivity index (χ1) is 17.1. The molecule has 9 heteroatoms. The minimum Gasteiger partial charge on any atom is -0.503 e. The number of aromatic nitrogens is 1. The SMILES string of the molecule is C#Cc1cccc2c1[C@H](C1CN([C@H](C)C(F)(F)F)C(=O)c3c(O)c(=O)ccn31)c1ccccc1SC2. The van der Waals surface area contributed by atoms with Crippen LogP contribution in [0.5, 0.6) is 5.75 Å². The Morgan fingerprint density at radius 3 is 2.61 bits per heavy atom. The van der Waals surface area contributed by atoms with Crippen molar-refractivity contribution in [3.05, 3.63) is 92.9 Å². The van der Waals surface area contributed by atoms with Crippen LogP contribution < -0.4 is 5.43 Å². The summed E-state index contributed by atoms with van der Waals surface area (Å²) in [4.78, 5) is 27.2. The van der Waals surface area contributed by atoms with Crippen molar-refractivity contribution in [1.29, 1.82) is 0 Å². The van der Waals surface area contributed by atoms with Crippen LogP contribution in [0.4, 0.5) is 13.2 Å². The zero-order valence-electron chi connectivity index (χ0n) is 19.1. The quantitative estimate of drug-likeness (QED) is 0.497. The fourth-order valence-corrected chi connectivity index (χ4v) is 6.22. The molecule has 36 heavy (non-hydrogen) atoms. The van der Waals surface area contributed by atoms with Crippen LogP contribution in [-0.2, 0) is 5.75 Å². The van der Waals surface area contributed by atoms with Gasteiger partial charge in [0, 0.05) is 40.9 Å². The summed E-state index contributed by atoms with van der Waals surface area (Å²) in [5, 5.41) is 10.6. The molecule has 1 N–H and O–H groups in total. The number of amides is 1. The third kappa shape index (κ3) is 3.77. The molecule has 1 amide bonds. The molecule has 2 aliphatic heterocycles. The molecule has 0 saturated heterocycles. The number of hydrogen-bond acceptors (Lipinski definition) is 4. The lowest BCUT2D eigenvalue weighted by Crippen LogP contribution is -2.54. The van der Waals surface area contributed by atoms with Gasteiger partial charge in [0.1, 0.15) is 6.04 Å². The van der Waals surface area contributed by atoms with Crippen molar-refractivity contribution in [2.24, 2.45) is 0 Å². The fourth-order valence-electron chi connectivity index (χ4n) is 5.13. The van der Waals surface area contributed by atoms with Gasteiger partial charge >= 0.3 is 6.18 Å². The number of rotatable bonds is 2. The molecular weight excluding hydrogens is 489 g/mol. The van der Waals surface area contributed by atoms with E-state index in [1.165, 1.54) is 10.8 Å². The Morgan fingerprint density at radius 2 is 1.89 bits per heavy atom. The molecule has 5 nitrogen and oxygen atoms in total. The molecule has 3 atom stereocenters. The molecular formula is C27H21F3N2O3S. The molecule has 0 saturated carbocycles. The second-order valence-corrected chi connectivity index (χ2v) is 9.87. The van der Waals surface area contributed by atoms with Crippen LogP contribution in [0.15, 0.2) is 64.4 Å². The van der Waals surface area contributed by atoms with Gasteiger partial charge in [-0.3, -0.25) is 9.59 Å². The van der Waals surface area contributed by atoms with Gasteiger partial charge in [0.2, 0.25) is 5.43 Å². The highest BCUT2D eigenvalue weighted by atomic mass is 32.2. The maximum atomic E-state index is 13.8. The lowest BCUT2D eigenvalue weighted by molar-refractivity contribution is -0.174. The molecule has 0 aliphatic carbocycles. The highest BCUT2D eigenvalue weighted by Crippen LogP contribution is 2.49. The minimum atomic E-state index is -4.70. The molecule has 3 heterocycles. The Morgan fingerprint density at radius 1 is 1.14 bits per heavy atom. The van der Waals surface area contributed by atoms with E-state index in [9.17, 15) is 27.9 Å². The van der Waals surface area contributed by atoms with Crippen LogP contribution in [0, 0.1) is 12.3 Å². The summed E-state index contributed by atoms with van der Waals surface area (Å²) in [6.45, 7) is 0.608. The molecule has 1 unspecified atom stereocenters. The fraction of sp³-hybridized carbons (Fsp3) is 0.259. The van der Waals surface area contributed by atoms with Crippen LogP contribution in [-0.4, -0.2) is 39.2 Å². The van der Waals surface area contributed by atoms with Crippen molar-refractivity contribution in [3.8, 4) is 18.1 Å². The van der Waals surface area contributed by atoms with Gasteiger partial charge in [-0.15, -0.1) is 18.2 Å². The van der Waals surface area contributed by atoms with E-state index in [0.717, 1.165) is 34.6 Å². The predicted octanol–water partition coefficient (Wildman–Crippen LogP) is 4.92. The van der Waals surface area contributed by atoms with E-state index in [4.69, 9.17) is 6.42 Å². The number of hydrogen-bond donors (Lipinski definition) is 1. The Labute approximate surface area is 209 Å². The Hall–Kier alpha value is -3.64. The average molecular weight is 511 g/mol. The van der Waals surface area contributed by atoms with E-state index in [-0.39, 0.29) is 6.54 Å². The van der Waals surface area contributed by atoms with Gasteiger partial charge in [0.25, 0.3) is 5.91 Å². The molecule has 5 rings (SSSR count). The van der Waals surface area contributed by atoms with Gasteiger partial charge in [-0.05, 0) is 35.7 Å². The summed E-state index contributed by atoms with van der Waals surface area (Å²) in [6.07, 6.45) is 2.54. The third-order valence-corrected chi connectivity index (χ3v) is 8.07. The van der Waals surface area contributed by atoms with Crippen molar-refractivity contribution in [3.63, 3.8) is 0 Å². The Bertz CT molecular complexity index is 1470. The molecule has 0 bridgehead atoms. The number of aromatic hydroxyl groups is 1. The van der Waals surface area contributed by atoms with E-state index in [1.54, 1.807) is 17.8 Å². The number of halogens is 3. The van der Waals surface area contributed by atoms with Crippen molar-refractivity contribution in [2.45, 2.75) is 41.7 Å². The molecule has 0 radical (unpaired) electrons. The summed E-state index contributed by atoms with van der Waals surface area (Å²) in [5.41, 5.74) is 1.90. The second-order valence-electron chi connectivity index (χ2n) is 8.85. The number of fused-ring (bicyclic) bond motifs is 3. The minimum absolute atomic E-state index is 0.295. The van der Waals surface area contributed by atoms with Crippen LogP contribution in [0.3, 0.4) is 0 Å². The number of pyridine rings is 1. The normalized spacial score (nSPS) is 20.0. The molecule has 2 aliphatic rings. The lowest BCUT2D eigenvalue weighted by atomic mass is 9.79. The zero-order chi connectivity index (χ0) is 25.8. The van der Waals surface area contributed by atoms with E-state index in [1.807, 2.05) is 36.4 Å². The van der Waals surface area contributed by atoms with Crippen molar-refractivity contribution < 1.29 is 23.1 Å². The first kappa shape index (κ1) is 24.1. The number of thioether (sulfide) groups is 1. The first-order valence-corrected chi connectivity index (χ1v) is 12.2. The molecule has 0 spiro atoms. The summed E-state index contributed by atoms with van der Waals surface area (Å²) in [7, 11) is 0. The largest absolute Gasteiger partial charge is 0.503 e. The monoisotopic (exact) mass is 510 g/mol. The summed E-state index contributed by atoms with van der Waals surface area (Å²) >= 11 is 1.60. The number of carbonyl (C=O) groups is 1. The maximum Gasteiger partial charge on any atom is 0.408 e. The summed E-state index contributed by atoms with van der Waals surface area (Å²) < 4.78 is 43.0. The third-order valence-electron chi connectivity index (χ3n) is 6.93. The van der Waals surface area contributed by atoms with Gasteiger partial charge in [-0.1, -0.05) is 36.3 Å². The predicted molar refractivity (Wildman–Crippen MR) is 130 cm³/mol. The van der Waals surface area contributed by atoms with E-state index < -0.39 is 47.0 Å². The van der Waals surface area contributed by atoms with Gasteiger partial charge < -0.3 is 14.6 Å². The Kier molecular flexibility index (Phi) is 5.87. The van der Waals surface area contributed by atoms with Crippen molar-refractivity contribution in [2.75, 3.05) is 6.54 Å². The highest BCUT2D eigenvalue weighted by molar-refractivity contribution is 7.98. The maximum absolute atomic E-state index is 13.8. The number of terminal acetylenes is 1. The van der Waals surface area contributed by atoms with E-state index >= 15 is 0 Å². The first-order valence-electron chi connectivity index (χ1n) is 11.3. The smallest absolute Gasteiger partial charge is 0.408 e. The van der Waals surface area contributed by atoms with Crippen molar-refractivity contribution >= 4 is 17.7 Å². The van der Waals surface area contributed by atoms with Crippen LogP contribution in [0.25, 0.3) is 0 Å². The highest BCUT2D eigenvalue weighted by Gasteiger charge is 2.48. The van der Waals surface area contributed by atoms with Crippen LogP contribution in [0.2, 0.25) is 0 Å². The topological polar surface area (TPSA) is 62.5 Å². The zero-order valence-corrected chi connectivity index (χ0v) is 19.9. The number of benzene rings is 2. The molecule has 0 fully saturated rings. The van der Waals surface area contributed by atoms with Crippen molar-refractivity contribution in [1.82, 2.24) is 9.47 Å². The number of nitrogens with zero attached hydrogens (tertiary/aromatic N) is 2. The van der Waals surface area contributed by atoms with E-state index in [2.05, 4.69) is 5.92 Å². The molecule has 184 valence electrons. The second kappa shape index (κ2) is 8.79.